The number of nitro benzene ring substituents is 1. The van der Waals surface area contributed by atoms with E-state index in [0.717, 1.165) is 0 Å². The zero-order valence-corrected chi connectivity index (χ0v) is 12.7. The van der Waals surface area contributed by atoms with Gasteiger partial charge in [-0.1, -0.05) is 6.07 Å². The molecule has 0 aliphatic heterocycles. The Morgan fingerprint density at radius 3 is 2.75 bits per heavy atom. The summed E-state index contributed by atoms with van der Waals surface area (Å²) in [5.41, 5.74) is 4.76. The summed E-state index contributed by atoms with van der Waals surface area (Å²) >= 11 is 0. The van der Waals surface area contributed by atoms with Gasteiger partial charge in [-0.3, -0.25) is 19.3 Å². The van der Waals surface area contributed by atoms with E-state index in [2.05, 4.69) is 15.5 Å². The molecule has 0 bridgehead atoms. The average Bonchev–Trinajstić information content (AvgIpc) is 2.91. The van der Waals surface area contributed by atoms with Crippen LogP contribution in [0.1, 0.15) is 21.7 Å². The maximum atomic E-state index is 12.3. The lowest BCUT2D eigenvalue weighted by Crippen LogP contribution is -2.20. The second kappa shape index (κ2) is 6.29. The van der Waals surface area contributed by atoms with E-state index in [1.807, 2.05) is 18.2 Å². The van der Waals surface area contributed by atoms with E-state index in [9.17, 15) is 14.9 Å². The number of amides is 1. The van der Waals surface area contributed by atoms with E-state index >= 15 is 0 Å². The molecule has 0 aliphatic carbocycles. The number of pyridine rings is 1. The van der Waals surface area contributed by atoms with Crippen molar-refractivity contribution in [1.29, 1.82) is 0 Å². The molecule has 1 amide bonds. The molecule has 0 aliphatic rings. The van der Waals surface area contributed by atoms with Crippen LogP contribution in [0.25, 0.3) is 5.65 Å². The Labute approximate surface area is 136 Å². The predicted molar refractivity (Wildman–Crippen MR) is 88.1 cm³/mol. The van der Waals surface area contributed by atoms with Crippen molar-refractivity contribution >= 4 is 23.5 Å². The number of carbonyl (C=O) groups is 1. The first kappa shape index (κ1) is 15.3. The summed E-state index contributed by atoms with van der Waals surface area (Å²) in [6, 6.07) is 11.3. The van der Waals surface area contributed by atoms with Gasteiger partial charge < -0.3 is 0 Å². The maximum Gasteiger partial charge on any atom is 0.290 e. The summed E-state index contributed by atoms with van der Waals surface area (Å²) in [7, 11) is 0. The van der Waals surface area contributed by atoms with Crippen molar-refractivity contribution in [3.63, 3.8) is 0 Å². The lowest BCUT2D eigenvalue weighted by molar-refractivity contribution is -0.384. The first-order valence-electron chi connectivity index (χ1n) is 7.08. The second-order valence-corrected chi connectivity index (χ2v) is 5.02. The Hall–Kier alpha value is -3.55. The van der Waals surface area contributed by atoms with Crippen LogP contribution in [0, 0.1) is 17.0 Å². The molecule has 3 rings (SSSR count). The van der Waals surface area contributed by atoms with Gasteiger partial charge in [0.15, 0.2) is 0 Å². The van der Waals surface area contributed by atoms with Crippen molar-refractivity contribution in [2.45, 2.75) is 6.92 Å². The van der Waals surface area contributed by atoms with Crippen molar-refractivity contribution < 1.29 is 9.72 Å². The van der Waals surface area contributed by atoms with E-state index in [1.165, 1.54) is 18.3 Å². The Morgan fingerprint density at radius 2 is 2.04 bits per heavy atom. The number of imidazole rings is 1. The van der Waals surface area contributed by atoms with Crippen LogP contribution in [-0.4, -0.2) is 26.4 Å². The zero-order valence-electron chi connectivity index (χ0n) is 12.7. The maximum absolute atomic E-state index is 12.3. The van der Waals surface area contributed by atoms with Gasteiger partial charge in [-0.25, -0.2) is 10.4 Å². The van der Waals surface area contributed by atoms with E-state index in [0.29, 0.717) is 22.6 Å². The largest absolute Gasteiger partial charge is 0.295 e. The van der Waals surface area contributed by atoms with Gasteiger partial charge in [0.1, 0.15) is 11.3 Å². The van der Waals surface area contributed by atoms with Crippen molar-refractivity contribution in [3.8, 4) is 0 Å². The third-order valence-electron chi connectivity index (χ3n) is 3.40. The standard InChI is InChI=1S/C16H13N5O3/c1-11-15(20-9-3-2-4-14(20)18-11)16(22)19-17-10-12-5-7-13(8-6-12)21(23)24/h2-10H,1H3,(H,19,22)/b17-10-. The van der Waals surface area contributed by atoms with Gasteiger partial charge in [-0.15, -0.1) is 0 Å². The highest BCUT2D eigenvalue weighted by Gasteiger charge is 2.15. The predicted octanol–water partition coefficient (Wildman–Crippen LogP) is 2.31. The fraction of sp³-hybridized carbons (Fsp3) is 0.0625. The highest BCUT2D eigenvalue weighted by molar-refractivity contribution is 5.95. The molecule has 1 N–H and O–H groups in total. The molecule has 2 heterocycles. The lowest BCUT2D eigenvalue weighted by atomic mass is 10.2. The van der Waals surface area contributed by atoms with E-state index in [-0.39, 0.29) is 11.6 Å². The molecule has 0 atom stereocenters. The molecule has 0 saturated heterocycles. The van der Waals surface area contributed by atoms with E-state index in [4.69, 9.17) is 0 Å². The number of hydrogen-bond acceptors (Lipinski definition) is 5. The van der Waals surface area contributed by atoms with Crippen molar-refractivity contribution in [3.05, 3.63) is 75.7 Å². The fourth-order valence-electron chi connectivity index (χ4n) is 2.29. The number of rotatable bonds is 4. The summed E-state index contributed by atoms with van der Waals surface area (Å²) < 4.78 is 1.69. The Morgan fingerprint density at radius 1 is 1.29 bits per heavy atom. The number of carbonyl (C=O) groups excluding carboxylic acids is 1. The number of non-ortho nitro benzene ring substituents is 1. The van der Waals surface area contributed by atoms with Gasteiger partial charge in [0.2, 0.25) is 0 Å². The smallest absolute Gasteiger partial charge is 0.290 e. The SMILES string of the molecule is Cc1nc2ccccn2c1C(=O)N/N=C\c1ccc([N+](=O)[O-])cc1. The van der Waals surface area contributed by atoms with E-state index in [1.54, 1.807) is 29.7 Å². The number of hydrazone groups is 1. The number of benzene rings is 1. The molecule has 0 spiro atoms. The van der Waals surface area contributed by atoms with Crippen LogP contribution in [0.5, 0.6) is 0 Å². The van der Waals surface area contributed by atoms with Gasteiger partial charge >= 0.3 is 0 Å². The minimum absolute atomic E-state index is 0.00228. The molecule has 8 nitrogen and oxygen atoms in total. The Balaban J connectivity index is 1.75. The normalized spacial score (nSPS) is 11.0. The summed E-state index contributed by atoms with van der Waals surface area (Å²) in [4.78, 5) is 26.7. The van der Waals surface area contributed by atoms with Crippen LogP contribution in [0.2, 0.25) is 0 Å². The number of nitrogens with zero attached hydrogens (tertiary/aromatic N) is 4. The van der Waals surface area contributed by atoms with Gasteiger partial charge in [0.05, 0.1) is 16.8 Å². The van der Waals surface area contributed by atoms with Gasteiger partial charge in [-0.2, -0.15) is 5.10 Å². The van der Waals surface area contributed by atoms with Crippen molar-refractivity contribution in [1.82, 2.24) is 14.8 Å². The minimum atomic E-state index is -0.476. The minimum Gasteiger partial charge on any atom is -0.295 e. The third kappa shape index (κ3) is 2.98. The number of hydrogen-bond donors (Lipinski definition) is 1. The molecule has 1 aromatic carbocycles. The van der Waals surface area contributed by atoms with Crippen molar-refractivity contribution in [2.75, 3.05) is 0 Å². The second-order valence-electron chi connectivity index (χ2n) is 5.02. The average molecular weight is 323 g/mol. The van der Waals surface area contributed by atoms with Crippen LogP contribution in [0.3, 0.4) is 0 Å². The monoisotopic (exact) mass is 323 g/mol. The molecule has 8 heteroatoms. The number of aryl methyl sites for hydroxylation is 1. The van der Waals surface area contributed by atoms with Crippen LogP contribution >= 0.6 is 0 Å². The Kier molecular flexibility index (Phi) is 4.02. The molecule has 0 saturated carbocycles. The summed E-state index contributed by atoms with van der Waals surface area (Å²) in [6.45, 7) is 1.75. The van der Waals surface area contributed by atoms with Gasteiger partial charge in [-0.05, 0) is 36.8 Å². The topological polar surface area (TPSA) is 102 Å². The van der Waals surface area contributed by atoms with Crippen molar-refractivity contribution in [2.24, 2.45) is 5.10 Å². The molecule has 2 aromatic heterocycles. The lowest BCUT2D eigenvalue weighted by Gasteiger charge is -2.01. The molecule has 0 unspecified atom stereocenters. The summed E-state index contributed by atoms with van der Waals surface area (Å²) in [5, 5.41) is 14.5. The molecule has 24 heavy (non-hydrogen) atoms. The van der Waals surface area contributed by atoms with E-state index < -0.39 is 4.92 Å². The fourth-order valence-corrected chi connectivity index (χ4v) is 2.29. The highest BCUT2D eigenvalue weighted by Crippen LogP contribution is 2.12. The first-order chi connectivity index (χ1) is 11.6. The third-order valence-corrected chi connectivity index (χ3v) is 3.40. The molecule has 0 fully saturated rings. The van der Waals surface area contributed by atoms with Crippen LogP contribution in [0.15, 0.2) is 53.8 Å². The Bertz CT molecular complexity index is 944. The van der Waals surface area contributed by atoms with Crippen LogP contribution < -0.4 is 5.43 Å². The number of nitro groups is 1. The van der Waals surface area contributed by atoms with Gasteiger partial charge in [0.25, 0.3) is 11.6 Å². The van der Waals surface area contributed by atoms with Crippen LogP contribution in [-0.2, 0) is 0 Å². The molecular formula is C16H13N5O3. The van der Waals surface area contributed by atoms with Gasteiger partial charge in [0, 0.05) is 18.3 Å². The summed E-state index contributed by atoms with van der Waals surface area (Å²) in [5.74, 6) is -0.385. The highest BCUT2D eigenvalue weighted by atomic mass is 16.6. The molecule has 0 radical (unpaired) electrons. The number of nitrogens with one attached hydrogen (secondary N) is 1. The first-order valence-corrected chi connectivity index (χ1v) is 7.08. The molecule has 3 aromatic rings. The quantitative estimate of drug-likeness (QED) is 0.452. The molecular weight excluding hydrogens is 310 g/mol. The van der Waals surface area contributed by atoms with Crippen LogP contribution in [0.4, 0.5) is 5.69 Å². The summed E-state index contributed by atoms with van der Waals surface area (Å²) in [6.07, 6.45) is 3.17. The number of fused-ring (bicyclic) bond motifs is 1. The zero-order chi connectivity index (χ0) is 17.1. The molecule has 120 valence electrons. The number of aromatic nitrogens is 2.